The normalized spacial score (nSPS) is 23.9. The van der Waals surface area contributed by atoms with Gasteiger partial charge in [-0.3, -0.25) is 9.58 Å². The van der Waals surface area contributed by atoms with Crippen molar-refractivity contribution < 1.29 is 8.42 Å². The summed E-state index contributed by atoms with van der Waals surface area (Å²) in [6.07, 6.45) is 3.84. The van der Waals surface area contributed by atoms with Crippen molar-refractivity contribution in [3.8, 4) is 11.1 Å². The van der Waals surface area contributed by atoms with Crippen LogP contribution < -0.4 is 0 Å². The van der Waals surface area contributed by atoms with Crippen LogP contribution in [0.25, 0.3) is 11.1 Å². The highest BCUT2D eigenvalue weighted by molar-refractivity contribution is 7.92. The number of fused-ring (bicyclic) bond motifs is 3. The zero-order valence-corrected chi connectivity index (χ0v) is 16.0. The quantitative estimate of drug-likeness (QED) is 0.696. The van der Waals surface area contributed by atoms with E-state index in [1.54, 1.807) is 22.1 Å². The molecule has 0 unspecified atom stereocenters. The van der Waals surface area contributed by atoms with Crippen molar-refractivity contribution in [1.82, 2.24) is 14.7 Å². The summed E-state index contributed by atoms with van der Waals surface area (Å²) in [4.78, 5) is 2.77. The van der Waals surface area contributed by atoms with Crippen molar-refractivity contribution in [1.29, 1.82) is 0 Å². The Labute approximate surface area is 156 Å². The molecule has 1 aromatic carbocycles. The largest absolute Gasteiger partial charge is 0.297 e. The first kappa shape index (κ1) is 16.2. The molecule has 1 fully saturated rings. The second kappa shape index (κ2) is 5.77. The predicted octanol–water partition coefficient (Wildman–Crippen LogP) is 2.90. The van der Waals surface area contributed by atoms with E-state index in [9.17, 15) is 8.42 Å². The van der Waals surface area contributed by atoms with E-state index >= 15 is 0 Å². The molecule has 2 aliphatic rings. The summed E-state index contributed by atoms with van der Waals surface area (Å²) in [5.74, 6) is 0.0604. The van der Waals surface area contributed by atoms with Crippen LogP contribution in [-0.2, 0) is 23.4 Å². The Hall–Kier alpha value is -1.96. The van der Waals surface area contributed by atoms with Gasteiger partial charge in [-0.25, -0.2) is 8.42 Å². The smallest absolute Gasteiger partial charge is 0.183 e. The standard InChI is InChI=1S/C19H19N3O2S2/c1-21-8-13(7-20-21)9-22-10-17-16-6-14(15-4-5-25-12-15)2-3-18(16)26(23,24)19(17)11-22/h2-8,12,17,19H,9-11H2,1H3/t17-,19-/m0/s1. The number of aromatic nitrogens is 2. The molecule has 26 heavy (non-hydrogen) atoms. The molecule has 2 aliphatic heterocycles. The molecule has 5 rings (SSSR count). The fourth-order valence-electron chi connectivity index (χ4n) is 4.27. The number of rotatable bonds is 3. The minimum Gasteiger partial charge on any atom is -0.297 e. The molecule has 0 radical (unpaired) electrons. The van der Waals surface area contributed by atoms with E-state index in [1.807, 2.05) is 30.9 Å². The minimum absolute atomic E-state index is 0.0604. The van der Waals surface area contributed by atoms with Crippen molar-refractivity contribution in [3.05, 3.63) is 58.5 Å². The Morgan fingerprint density at radius 3 is 2.85 bits per heavy atom. The number of benzene rings is 1. The van der Waals surface area contributed by atoms with E-state index in [2.05, 4.69) is 27.5 Å². The molecule has 134 valence electrons. The van der Waals surface area contributed by atoms with Crippen LogP contribution in [0.15, 0.2) is 52.3 Å². The predicted molar refractivity (Wildman–Crippen MR) is 102 cm³/mol. The average molecular weight is 386 g/mol. The van der Waals surface area contributed by atoms with Crippen LogP contribution in [0.5, 0.6) is 0 Å². The first-order valence-corrected chi connectivity index (χ1v) is 11.1. The summed E-state index contributed by atoms with van der Waals surface area (Å²) in [5.41, 5.74) is 4.37. The molecule has 0 N–H and O–H groups in total. The lowest BCUT2D eigenvalue weighted by molar-refractivity contribution is 0.325. The number of hydrogen-bond donors (Lipinski definition) is 0. The van der Waals surface area contributed by atoms with Crippen LogP contribution in [0.2, 0.25) is 0 Å². The zero-order chi connectivity index (χ0) is 17.9. The number of nitrogens with zero attached hydrogens (tertiary/aromatic N) is 3. The first-order valence-electron chi connectivity index (χ1n) is 8.62. The maximum Gasteiger partial charge on any atom is 0.183 e. The van der Waals surface area contributed by atoms with Crippen LogP contribution in [-0.4, -0.2) is 41.4 Å². The molecule has 0 amide bonds. The Morgan fingerprint density at radius 2 is 2.12 bits per heavy atom. The van der Waals surface area contributed by atoms with E-state index in [0.29, 0.717) is 11.4 Å². The first-order chi connectivity index (χ1) is 12.5. The molecule has 0 spiro atoms. The zero-order valence-electron chi connectivity index (χ0n) is 14.4. The van der Waals surface area contributed by atoms with E-state index < -0.39 is 9.84 Å². The van der Waals surface area contributed by atoms with Crippen LogP contribution in [0.1, 0.15) is 17.0 Å². The highest BCUT2D eigenvalue weighted by Crippen LogP contribution is 2.46. The summed E-state index contributed by atoms with van der Waals surface area (Å²) >= 11 is 1.66. The van der Waals surface area contributed by atoms with Crippen molar-refractivity contribution in [2.75, 3.05) is 13.1 Å². The molecular weight excluding hydrogens is 366 g/mol. The Morgan fingerprint density at radius 1 is 1.23 bits per heavy atom. The van der Waals surface area contributed by atoms with E-state index in [1.165, 1.54) is 0 Å². The highest BCUT2D eigenvalue weighted by Gasteiger charge is 2.50. The topological polar surface area (TPSA) is 55.2 Å². The average Bonchev–Trinajstić information content (AvgIpc) is 3.37. The van der Waals surface area contributed by atoms with Crippen LogP contribution >= 0.6 is 11.3 Å². The van der Waals surface area contributed by atoms with Crippen LogP contribution in [0.3, 0.4) is 0 Å². The number of hydrogen-bond acceptors (Lipinski definition) is 5. The van der Waals surface area contributed by atoms with Crippen LogP contribution in [0, 0.1) is 0 Å². The molecule has 2 atom stereocenters. The van der Waals surface area contributed by atoms with Gasteiger partial charge in [0.1, 0.15) is 0 Å². The molecule has 2 aromatic heterocycles. The molecular formula is C19H19N3O2S2. The number of sulfone groups is 1. The third-order valence-electron chi connectivity index (χ3n) is 5.48. The molecule has 7 heteroatoms. The molecule has 3 aromatic rings. The number of thiophene rings is 1. The van der Waals surface area contributed by atoms with Crippen molar-refractivity contribution in [2.45, 2.75) is 22.6 Å². The Balaban J connectivity index is 1.48. The van der Waals surface area contributed by atoms with E-state index in [4.69, 9.17) is 0 Å². The minimum atomic E-state index is -3.25. The summed E-state index contributed by atoms with van der Waals surface area (Å²) in [6.45, 7) is 2.11. The molecule has 0 saturated carbocycles. The van der Waals surface area contributed by atoms with E-state index in [0.717, 1.165) is 35.3 Å². The van der Waals surface area contributed by atoms with Gasteiger partial charge in [0, 0.05) is 44.4 Å². The number of aryl methyl sites for hydroxylation is 1. The van der Waals surface area contributed by atoms with Crippen molar-refractivity contribution in [2.24, 2.45) is 7.05 Å². The third kappa shape index (κ3) is 2.46. The van der Waals surface area contributed by atoms with Gasteiger partial charge in [-0.05, 0) is 45.6 Å². The molecule has 4 heterocycles. The van der Waals surface area contributed by atoms with Crippen molar-refractivity contribution in [3.63, 3.8) is 0 Å². The second-order valence-corrected chi connectivity index (χ2v) is 10.1. The lowest BCUT2D eigenvalue weighted by Crippen LogP contribution is -2.25. The van der Waals surface area contributed by atoms with Gasteiger partial charge in [-0.1, -0.05) is 6.07 Å². The van der Waals surface area contributed by atoms with Gasteiger partial charge in [0.15, 0.2) is 9.84 Å². The second-order valence-electron chi connectivity index (χ2n) is 7.17. The highest BCUT2D eigenvalue weighted by atomic mass is 32.2. The van der Waals surface area contributed by atoms with Gasteiger partial charge in [0.05, 0.1) is 16.3 Å². The molecule has 0 aliphatic carbocycles. The maximum atomic E-state index is 13.0. The van der Waals surface area contributed by atoms with Gasteiger partial charge >= 0.3 is 0 Å². The summed E-state index contributed by atoms with van der Waals surface area (Å²) < 4.78 is 27.8. The van der Waals surface area contributed by atoms with Crippen LogP contribution in [0.4, 0.5) is 0 Å². The fourth-order valence-corrected chi connectivity index (χ4v) is 7.13. The molecule has 1 saturated heterocycles. The summed E-state index contributed by atoms with van der Waals surface area (Å²) in [6, 6.07) is 7.91. The van der Waals surface area contributed by atoms with Gasteiger partial charge in [0.25, 0.3) is 0 Å². The SMILES string of the molecule is Cn1cc(CN2C[C@H]3c4cc(-c5ccsc5)ccc4S(=O)(=O)[C@H]3C2)cn1. The lowest BCUT2D eigenvalue weighted by Gasteiger charge is -2.16. The molecule has 5 nitrogen and oxygen atoms in total. The van der Waals surface area contributed by atoms with Gasteiger partial charge in [0.2, 0.25) is 0 Å². The molecule has 0 bridgehead atoms. The summed E-state index contributed by atoms with van der Waals surface area (Å²) in [7, 11) is -1.35. The summed E-state index contributed by atoms with van der Waals surface area (Å²) in [5, 5.41) is 8.03. The third-order valence-corrected chi connectivity index (χ3v) is 8.42. The maximum absolute atomic E-state index is 13.0. The van der Waals surface area contributed by atoms with Crippen molar-refractivity contribution >= 4 is 21.2 Å². The Bertz CT molecular complexity index is 1070. The van der Waals surface area contributed by atoms with Gasteiger partial charge < -0.3 is 0 Å². The van der Waals surface area contributed by atoms with E-state index in [-0.39, 0.29) is 11.2 Å². The fraction of sp³-hybridized carbons (Fsp3) is 0.316. The van der Waals surface area contributed by atoms with Gasteiger partial charge in [-0.2, -0.15) is 16.4 Å². The monoisotopic (exact) mass is 385 g/mol. The lowest BCUT2D eigenvalue weighted by atomic mass is 9.95. The Kier molecular flexibility index (Phi) is 3.60. The number of likely N-dealkylation sites (tertiary alicyclic amines) is 1. The van der Waals surface area contributed by atoms with Gasteiger partial charge in [-0.15, -0.1) is 0 Å².